The number of carbonyl (C=O) groups is 1. The van der Waals surface area contributed by atoms with Gasteiger partial charge in [0.2, 0.25) is 5.91 Å². The van der Waals surface area contributed by atoms with Crippen LogP contribution in [-0.2, 0) is 4.79 Å². The first-order valence-electron chi connectivity index (χ1n) is 10.2. The Morgan fingerprint density at radius 1 is 1.30 bits per heavy atom. The van der Waals surface area contributed by atoms with Gasteiger partial charge in [0.15, 0.2) is 0 Å². The van der Waals surface area contributed by atoms with Gasteiger partial charge in [-0.1, -0.05) is 12.6 Å². The van der Waals surface area contributed by atoms with Crippen molar-refractivity contribution in [2.24, 2.45) is 16.5 Å². The summed E-state index contributed by atoms with van der Waals surface area (Å²) in [6, 6.07) is 8.15. The van der Waals surface area contributed by atoms with Crippen molar-refractivity contribution in [2.75, 3.05) is 22.6 Å². The molecule has 0 aliphatic carbocycles. The molecule has 9 heteroatoms. The molecule has 172 valence electrons. The molecule has 2 aromatic carbocycles. The Bertz CT molecular complexity index is 1200. The number of hydrogen-bond donors (Lipinski definition) is 5. The van der Waals surface area contributed by atoms with Crippen LogP contribution >= 0.6 is 11.8 Å². The third-order valence-electron chi connectivity index (χ3n) is 5.39. The fourth-order valence-electron chi connectivity index (χ4n) is 3.46. The summed E-state index contributed by atoms with van der Waals surface area (Å²) in [6.07, 6.45) is 1.11. The van der Waals surface area contributed by atoms with Gasteiger partial charge in [0.1, 0.15) is 5.82 Å². The maximum atomic E-state index is 14.0. The summed E-state index contributed by atoms with van der Waals surface area (Å²) in [7, 11) is 0. The summed E-state index contributed by atoms with van der Waals surface area (Å²) in [5.74, 6) is 0.723. The maximum absolute atomic E-state index is 14.0. The second-order valence-electron chi connectivity index (χ2n) is 7.78. The van der Waals surface area contributed by atoms with E-state index in [2.05, 4.69) is 11.9 Å². The molecular formula is C24H27FN6OS. The second kappa shape index (κ2) is 9.91. The molecule has 0 spiro atoms. The number of anilines is 2. The molecule has 2 aromatic rings. The molecule has 1 heterocycles. The van der Waals surface area contributed by atoms with Crippen LogP contribution in [0, 0.1) is 18.2 Å². The molecule has 1 aliphatic rings. The minimum absolute atomic E-state index is 0.0225. The lowest BCUT2D eigenvalue weighted by Crippen LogP contribution is -2.33. The van der Waals surface area contributed by atoms with Crippen LogP contribution in [0.4, 0.5) is 15.8 Å². The predicted octanol–water partition coefficient (Wildman–Crippen LogP) is 3.42. The lowest BCUT2D eigenvalue weighted by molar-refractivity contribution is -0.114. The van der Waals surface area contributed by atoms with Crippen LogP contribution in [0.25, 0.3) is 5.70 Å². The molecule has 7 nitrogen and oxygen atoms in total. The van der Waals surface area contributed by atoms with Crippen molar-refractivity contribution in [3.8, 4) is 0 Å². The van der Waals surface area contributed by atoms with Crippen LogP contribution in [0.5, 0.6) is 0 Å². The SMILES string of the molecule is C=C(C(N)=O)/C(N)=C(\N=C(C)c1ccc(F)cc1NC1CSC1)c1c(C)ccc(N)c1C=N. The van der Waals surface area contributed by atoms with Crippen molar-refractivity contribution in [3.05, 3.63) is 76.3 Å². The number of benzene rings is 2. The van der Waals surface area contributed by atoms with E-state index in [0.717, 1.165) is 23.3 Å². The van der Waals surface area contributed by atoms with Gasteiger partial charge in [0, 0.05) is 57.5 Å². The zero-order chi connectivity index (χ0) is 24.3. The third-order valence-corrected chi connectivity index (χ3v) is 6.67. The zero-order valence-corrected chi connectivity index (χ0v) is 19.4. The second-order valence-corrected chi connectivity index (χ2v) is 8.85. The number of nitrogens with zero attached hydrogens (tertiary/aromatic N) is 1. The first-order chi connectivity index (χ1) is 15.6. The molecular weight excluding hydrogens is 439 g/mol. The van der Waals surface area contributed by atoms with Gasteiger partial charge in [-0.3, -0.25) is 9.79 Å². The van der Waals surface area contributed by atoms with Gasteiger partial charge in [-0.2, -0.15) is 11.8 Å². The van der Waals surface area contributed by atoms with E-state index in [9.17, 15) is 9.18 Å². The van der Waals surface area contributed by atoms with Crippen LogP contribution in [0.15, 0.2) is 53.2 Å². The Labute approximate surface area is 196 Å². The molecule has 33 heavy (non-hydrogen) atoms. The molecule has 0 aromatic heterocycles. The van der Waals surface area contributed by atoms with E-state index in [4.69, 9.17) is 27.6 Å². The average molecular weight is 467 g/mol. The highest BCUT2D eigenvalue weighted by Crippen LogP contribution is 2.32. The number of carbonyl (C=O) groups excluding carboxylic acids is 1. The van der Waals surface area contributed by atoms with E-state index in [0.29, 0.717) is 33.8 Å². The normalized spacial score (nSPS) is 14.8. The van der Waals surface area contributed by atoms with E-state index < -0.39 is 5.91 Å². The highest BCUT2D eigenvalue weighted by molar-refractivity contribution is 8.00. The Morgan fingerprint density at radius 2 is 2.00 bits per heavy atom. The topological polar surface area (TPSA) is 143 Å². The minimum atomic E-state index is -0.789. The van der Waals surface area contributed by atoms with Crippen LogP contribution in [0.2, 0.25) is 0 Å². The van der Waals surface area contributed by atoms with Crippen molar-refractivity contribution >= 4 is 46.7 Å². The number of amides is 1. The first-order valence-corrected chi connectivity index (χ1v) is 11.4. The zero-order valence-electron chi connectivity index (χ0n) is 18.5. The number of nitrogens with one attached hydrogen (secondary N) is 2. The standard InChI is InChI=1S/C24H27FN6OS/c1-12-4-7-19(27)18(9-26)21(12)23(22(28)13(2)24(29)32)30-14(3)17-6-5-15(25)8-20(17)31-16-10-33-11-16/h4-9,16,26,31H,2,10-11,27-28H2,1,3H3,(H2,29,32)/b23-22+,26-9?,30-14?. The van der Waals surface area contributed by atoms with Crippen molar-refractivity contribution in [3.63, 3.8) is 0 Å². The highest BCUT2D eigenvalue weighted by Gasteiger charge is 2.22. The number of rotatable bonds is 8. The molecule has 1 amide bonds. The molecule has 8 N–H and O–H groups in total. The average Bonchev–Trinajstić information content (AvgIpc) is 2.75. The minimum Gasteiger partial charge on any atom is -0.398 e. The van der Waals surface area contributed by atoms with Crippen molar-refractivity contribution in [1.29, 1.82) is 5.41 Å². The van der Waals surface area contributed by atoms with Crippen LogP contribution < -0.4 is 22.5 Å². The summed E-state index contributed by atoms with van der Waals surface area (Å²) in [6.45, 7) is 7.29. The Kier molecular flexibility index (Phi) is 7.23. The molecule has 1 aliphatic heterocycles. The van der Waals surface area contributed by atoms with E-state index in [1.54, 1.807) is 25.1 Å². The number of aliphatic imine (C=N–C) groups is 1. The van der Waals surface area contributed by atoms with Gasteiger partial charge in [0.05, 0.1) is 17.0 Å². The molecule has 1 fully saturated rings. The van der Waals surface area contributed by atoms with Crippen LogP contribution in [0.3, 0.4) is 0 Å². The summed E-state index contributed by atoms with van der Waals surface area (Å²) in [5, 5.41) is 11.2. The monoisotopic (exact) mass is 466 g/mol. The molecule has 0 unspecified atom stereocenters. The first kappa shape index (κ1) is 24.1. The maximum Gasteiger partial charge on any atom is 0.250 e. The smallest absolute Gasteiger partial charge is 0.250 e. The number of thioether (sulfide) groups is 1. The number of hydrogen-bond acceptors (Lipinski definition) is 7. The van der Waals surface area contributed by atoms with Gasteiger partial charge in [-0.25, -0.2) is 4.39 Å². The quantitative estimate of drug-likeness (QED) is 0.175. The molecule has 0 atom stereocenters. The van der Waals surface area contributed by atoms with E-state index in [1.165, 1.54) is 12.1 Å². The summed E-state index contributed by atoms with van der Waals surface area (Å²) in [4.78, 5) is 16.6. The largest absolute Gasteiger partial charge is 0.398 e. The summed E-state index contributed by atoms with van der Waals surface area (Å²) in [5.41, 5.74) is 21.8. The lowest BCUT2D eigenvalue weighted by atomic mass is 9.95. The number of halogens is 1. The molecule has 0 radical (unpaired) electrons. The van der Waals surface area contributed by atoms with Crippen molar-refractivity contribution in [1.82, 2.24) is 0 Å². The van der Waals surface area contributed by atoms with Crippen LogP contribution in [0.1, 0.15) is 29.2 Å². The number of nitrogens with two attached hydrogens (primary N) is 3. The summed E-state index contributed by atoms with van der Waals surface area (Å²) >= 11 is 1.81. The third kappa shape index (κ3) is 5.09. The highest BCUT2D eigenvalue weighted by atomic mass is 32.2. The Morgan fingerprint density at radius 3 is 2.58 bits per heavy atom. The van der Waals surface area contributed by atoms with Crippen LogP contribution in [-0.4, -0.2) is 35.4 Å². The fourth-order valence-corrected chi connectivity index (χ4v) is 4.10. The van der Waals surface area contributed by atoms with E-state index >= 15 is 0 Å². The summed E-state index contributed by atoms with van der Waals surface area (Å²) < 4.78 is 14.0. The van der Waals surface area contributed by atoms with Gasteiger partial charge in [0.25, 0.3) is 0 Å². The molecule has 1 saturated heterocycles. The fraction of sp³-hybridized carbons (Fsp3) is 0.208. The lowest BCUT2D eigenvalue weighted by Gasteiger charge is -2.28. The van der Waals surface area contributed by atoms with Gasteiger partial charge in [-0.15, -0.1) is 0 Å². The number of nitrogen functional groups attached to an aromatic ring is 1. The predicted molar refractivity (Wildman–Crippen MR) is 136 cm³/mol. The van der Waals surface area contributed by atoms with E-state index in [1.807, 2.05) is 18.7 Å². The molecule has 0 saturated carbocycles. The number of aryl methyl sites for hydroxylation is 1. The van der Waals surface area contributed by atoms with E-state index in [-0.39, 0.29) is 28.8 Å². The Balaban J connectivity index is 2.23. The van der Waals surface area contributed by atoms with Gasteiger partial charge < -0.3 is 27.9 Å². The molecule has 0 bridgehead atoms. The van der Waals surface area contributed by atoms with Crippen molar-refractivity contribution < 1.29 is 9.18 Å². The van der Waals surface area contributed by atoms with Gasteiger partial charge in [-0.05, 0) is 43.7 Å². The van der Waals surface area contributed by atoms with Crippen molar-refractivity contribution in [2.45, 2.75) is 19.9 Å². The Hall–Kier alpha value is -3.59. The van der Waals surface area contributed by atoms with Gasteiger partial charge >= 0.3 is 0 Å². The number of primary amides is 1. The molecule has 3 rings (SSSR count).